The maximum absolute atomic E-state index is 12.2. The lowest BCUT2D eigenvalue weighted by atomic mass is 9.92. The van der Waals surface area contributed by atoms with Crippen LogP contribution >= 0.6 is 11.3 Å². The van der Waals surface area contributed by atoms with Crippen molar-refractivity contribution in [2.75, 3.05) is 6.54 Å². The van der Waals surface area contributed by atoms with E-state index in [0.717, 1.165) is 17.7 Å². The Hall–Kier alpha value is -1.40. The van der Waals surface area contributed by atoms with Crippen molar-refractivity contribution in [2.45, 2.75) is 58.3 Å². The Balaban J connectivity index is 1.83. The number of hydrogen-bond acceptors (Lipinski definition) is 4. The lowest BCUT2D eigenvalue weighted by molar-refractivity contribution is -0.123. The molecule has 0 spiro atoms. The quantitative estimate of drug-likeness (QED) is 0.838. The second kappa shape index (κ2) is 8.45. The van der Waals surface area contributed by atoms with Gasteiger partial charge in [0, 0.05) is 18.3 Å². The first-order valence-corrected chi connectivity index (χ1v) is 9.04. The van der Waals surface area contributed by atoms with Crippen LogP contribution in [-0.4, -0.2) is 30.6 Å². The van der Waals surface area contributed by atoms with Crippen molar-refractivity contribution >= 4 is 23.2 Å². The number of amides is 2. The van der Waals surface area contributed by atoms with Crippen LogP contribution in [0.25, 0.3) is 0 Å². The summed E-state index contributed by atoms with van der Waals surface area (Å²) in [5.74, 6) is 0.311. The van der Waals surface area contributed by atoms with Gasteiger partial charge in [-0.2, -0.15) is 0 Å². The summed E-state index contributed by atoms with van der Waals surface area (Å²) in [6.07, 6.45) is 2.72. The molecule has 0 aliphatic carbocycles. The van der Waals surface area contributed by atoms with Gasteiger partial charge < -0.3 is 15.4 Å². The van der Waals surface area contributed by atoms with Crippen molar-refractivity contribution in [1.82, 2.24) is 10.6 Å². The van der Waals surface area contributed by atoms with Crippen LogP contribution in [0.2, 0.25) is 0 Å². The van der Waals surface area contributed by atoms with Gasteiger partial charge in [0.1, 0.15) is 0 Å². The number of carbonyl (C=O) groups excluding carboxylic acids is 2. The zero-order valence-electron chi connectivity index (χ0n) is 14.0. The fourth-order valence-corrected chi connectivity index (χ4v) is 3.96. The summed E-state index contributed by atoms with van der Waals surface area (Å²) in [6.45, 7) is 6.31. The van der Waals surface area contributed by atoms with Gasteiger partial charge >= 0.3 is 0 Å². The smallest absolute Gasteiger partial charge is 0.222 e. The molecule has 1 aliphatic heterocycles. The normalized spacial score (nSPS) is 25.6. The third-order valence-electron chi connectivity index (χ3n) is 4.04. The van der Waals surface area contributed by atoms with E-state index in [1.807, 2.05) is 17.5 Å². The van der Waals surface area contributed by atoms with Crippen molar-refractivity contribution in [1.29, 1.82) is 0 Å². The van der Waals surface area contributed by atoms with Crippen molar-refractivity contribution in [3.05, 3.63) is 22.4 Å². The second-order valence-corrected chi connectivity index (χ2v) is 7.35. The average Bonchev–Trinajstić information content (AvgIpc) is 2.97. The fraction of sp³-hybridized carbons (Fsp3) is 0.647. The molecule has 23 heavy (non-hydrogen) atoms. The Kier molecular flexibility index (Phi) is 6.59. The minimum Gasteiger partial charge on any atom is -0.376 e. The van der Waals surface area contributed by atoms with Gasteiger partial charge in [0.05, 0.1) is 24.7 Å². The van der Waals surface area contributed by atoms with Crippen LogP contribution in [0.5, 0.6) is 0 Å². The number of thiophene rings is 1. The minimum absolute atomic E-state index is 0.0241. The topological polar surface area (TPSA) is 67.4 Å². The molecule has 128 valence electrons. The van der Waals surface area contributed by atoms with Crippen molar-refractivity contribution < 1.29 is 14.3 Å². The van der Waals surface area contributed by atoms with Gasteiger partial charge in [-0.25, -0.2) is 0 Å². The number of nitrogens with one attached hydrogen (secondary N) is 2. The summed E-state index contributed by atoms with van der Waals surface area (Å²) in [7, 11) is 0. The Morgan fingerprint density at radius 1 is 1.35 bits per heavy atom. The second-order valence-electron chi connectivity index (χ2n) is 6.37. The molecule has 0 bridgehead atoms. The van der Waals surface area contributed by atoms with Crippen LogP contribution in [0, 0.1) is 5.92 Å². The van der Waals surface area contributed by atoms with Gasteiger partial charge in [-0.1, -0.05) is 6.07 Å². The maximum atomic E-state index is 12.2. The molecule has 5 nitrogen and oxygen atoms in total. The number of hydrogen-bond donors (Lipinski definition) is 2. The van der Waals surface area contributed by atoms with Crippen molar-refractivity contribution in [3.63, 3.8) is 0 Å². The maximum Gasteiger partial charge on any atom is 0.222 e. The molecule has 0 aromatic carbocycles. The number of carbonyl (C=O) groups is 2. The first-order valence-electron chi connectivity index (χ1n) is 8.16. The monoisotopic (exact) mass is 338 g/mol. The molecular formula is C17H26N2O3S. The van der Waals surface area contributed by atoms with Crippen LogP contribution in [0.15, 0.2) is 17.5 Å². The molecule has 2 rings (SSSR count). The van der Waals surface area contributed by atoms with Crippen LogP contribution < -0.4 is 10.6 Å². The first-order chi connectivity index (χ1) is 10.9. The first kappa shape index (κ1) is 17.9. The van der Waals surface area contributed by atoms with E-state index < -0.39 is 0 Å². The standard InChI is InChI=1S/C17H26N2O3S/c1-11-7-14(8-12(2)22-11)10-18-17(21)9-15(19-13(3)20)16-5-4-6-23-16/h4-6,11-12,14-15H,7-10H2,1-3H3,(H,18,21)(H,19,20). The minimum atomic E-state index is -0.250. The summed E-state index contributed by atoms with van der Waals surface area (Å²) < 4.78 is 5.72. The molecule has 2 N–H and O–H groups in total. The molecule has 2 heterocycles. The molecule has 3 atom stereocenters. The summed E-state index contributed by atoms with van der Waals surface area (Å²) in [6, 6.07) is 3.62. The molecule has 0 saturated carbocycles. The van der Waals surface area contributed by atoms with Gasteiger partial charge in [-0.15, -0.1) is 11.3 Å². The molecule has 6 heteroatoms. The molecule has 1 fully saturated rings. The van der Waals surface area contributed by atoms with E-state index in [1.54, 1.807) is 11.3 Å². The molecule has 2 amide bonds. The van der Waals surface area contributed by atoms with Gasteiger partial charge in [0.25, 0.3) is 0 Å². The SMILES string of the molecule is CC(=O)NC(CC(=O)NCC1CC(C)OC(C)C1)c1cccs1. The van der Waals surface area contributed by atoms with E-state index in [2.05, 4.69) is 24.5 Å². The fourth-order valence-electron chi connectivity index (χ4n) is 3.18. The van der Waals surface area contributed by atoms with Crippen LogP contribution in [-0.2, 0) is 14.3 Å². The van der Waals surface area contributed by atoms with Gasteiger partial charge in [-0.3, -0.25) is 9.59 Å². The Morgan fingerprint density at radius 2 is 2.04 bits per heavy atom. The lowest BCUT2D eigenvalue weighted by Crippen LogP contribution is -2.38. The highest BCUT2D eigenvalue weighted by Gasteiger charge is 2.25. The molecule has 1 aromatic rings. The van der Waals surface area contributed by atoms with Crippen LogP contribution in [0.4, 0.5) is 0 Å². The van der Waals surface area contributed by atoms with Crippen LogP contribution in [0.3, 0.4) is 0 Å². The predicted octanol–water partition coefficient (Wildman–Crippen LogP) is 2.64. The highest BCUT2D eigenvalue weighted by atomic mass is 32.1. The van der Waals surface area contributed by atoms with Crippen molar-refractivity contribution in [3.8, 4) is 0 Å². The third-order valence-corrected chi connectivity index (χ3v) is 5.02. The molecule has 1 aliphatic rings. The largest absolute Gasteiger partial charge is 0.376 e. The zero-order valence-corrected chi connectivity index (χ0v) is 14.8. The van der Waals surface area contributed by atoms with Gasteiger partial charge in [0.15, 0.2) is 0 Å². The van der Waals surface area contributed by atoms with Crippen LogP contribution in [0.1, 0.15) is 51.0 Å². The molecule has 1 saturated heterocycles. The van der Waals surface area contributed by atoms with E-state index in [0.29, 0.717) is 12.5 Å². The Bertz CT molecular complexity index is 508. The van der Waals surface area contributed by atoms with E-state index >= 15 is 0 Å². The van der Waals surface area contributed by atoms with Crippen molar-refractivity contribution in [2.24, 2.45) is 5.92 Å². The van der Waals surface area contributed by atoms with E-state index in [9.17, 15) is 9.59 Å². The summed E-state index contributed by atoms with van der Waals surface area (Å²) in [5.41, 5.74) is 0. The third kappa shape index (κ3) is 5.95. The lowest BCUT2D eigenvalue weighted by Gasteiger charge is -2.32. The molecule has 3 unspecified atom stereocenters. The van der Waals surface area contributed by atoms with E-state index in [-0.39, 0.29) is 36.5 Å². The van der Waals surface area contributed by atoms with Gasteiger partial charge in [-0.05, 0) is 44.1 Å². The molecule has 0 radical (unpaired) electrons. The summed E-state index contributed by atoms with van der Waals surface area (Å²) in [4.78, 5) is 24.6. The number of ether oxygens (including phenoxy) is 1. The highest BCUT2D eigenvalue weighted by molar-refractivity contribution is 7.10. The Labute approximate surface area is 141 Å². The molecule has 1 aromatic heterocycles. The summed E-state index contributed by atoms with van der Waals surface area (Å²) >= 11 is 1.55. The Morgan fingerprint density at radius 3 is 2.61 bits per heavy atom. The van der Waals surface area contributed by atoms with E-state index in [4.69, 9.17) is 4.74 Å². The summed E-state index contributed by atoms with van der Waals surface area (Å²) in [5, 5.41) is 7.83. The number of rotatable bonds is 6. The van der Waals surface area contributed by atoms with Gasteiger partial charge in [0.2, 0.25) is 11.8 Å². The predicted molar refractivity (Wildman–Crippen MR) is 91.2 cm³/mol. The molecular weight excluding hydrogens is 312 g/mol. The zero-order chi connectivity index (χ0) is 16.8. The highest BCUT2D eigenvalue weighted by Crippen LogP contribution is 2.25. The average molecular weight is 338 g/mol. The van der Waals surface area contributed by atoms with E-state index in [1.165, 1.54) is 6.92 Å².